The molecule has 0 radical (unpaired) electrons. The van der Waals surface area contributed by atoms with E-state index in [0.717, 1.165) is 30.7 Å². The van der Waals surface area contributed by atoms with Gasteiger partial charge in [-0.1, -0.05) is 5.16 Å². The predicted molar refractivity (Wildman–Crippen MR) is 88.3 cm³/mol. The molecule has 1 saturated heterocycles. The molecule has 1 N–H and O–H groups in total. The van der Waals surface area contributed by atoms with Gasteiger partial charge in [-0.05, 0) is 43.2 Å². The van der Waals surface area contributed by atoms with E-state index in [1.807, 2.05) is 12.1 Å². The zero-order valence-corrected chi connectivity index (χ0v) is 13.8. The number of hydrogen-bond acceptors (Lipinski definition) is 4. The monoisotopic (exact) mass is 358 g/mol. The van der Waals surface area contributed by atoms with Crippen molar-refractivity contribution in [1.82, 2.24) is 20.0 Å². The summed E-state index contributed by atoms with van der Waals surface area (Å²) in [4.78, 5) is 21.6. The molecule has 1 atom stereocenters. The van der Waals surface area contributed by atoms with Crippen LogP contribution in [0.25, 0.3) is 11.5 Å². The minimum Gasteiger partial charge on any atom is -0.359 e. The number of carbonyl (C=O) groups is 1. The van der Waals surface area contributed by atoms with Gasteiger partial charge in [-0.2, -0.15) is 4.98 Å². The first-order chi connectivity index (χ1) is 12.6. The molecule has 26 heavy (non-hydrogen) atoms. The van der Waals surface area contributed by atoms with E-state index in [4.69, 9.17) is 4.52 Å². The van der Waals surface area contributed by atoms with Gasteiger partial charge in [0, 0.05) is 24.8 Å². The molecule has 1 aliphatic rings. The van der Waals surface area contributed by atoms with Crippen LogP contribution in [0.5, 0.6) is 0 Å². The van der Waals surface area contributed by atoms with Gasteiger partial charge in [-0.3, -0.25) is 4.79 Å². The molecule has 1 aromatic carbocycles. The maximum Gasteiger partial charge on any atom is 0.253 e. The molecule has 0 unspecified atom stereocenters. The SMILES string of the molecule is O=C(c1ccc(F)c(F)c1)N1CCC[C@H](c2nc(-c3ccc[nH]3)no2)C1. The summed E-state index contributed by atoms with van der Waals surface area (Å²) in [5, 5.41) is 3.97. The van der Waals surface area contributed by atoms with Gasteiger partial charge >= 0.3 is 0 Å². The second-order valence-corrected chi connectivity index (χ2v) is 6.26. The minimum atomic E-state index is -1.03. The zero-order valence-electron chi connectivity index (χ0n) is 13.8. The summed E-state index contributed by atoms with van der Waals surface area (Å²) in [7, 11) is 0. The molecule has 0 spiro atoms. The summed E-state index contributed by atoms with van der Waals surface area (Å²) in [6, 6.07) is 6.87. The molecule has 1 amide bonds. The number of hydrogen-bond donors (Lipinski definition) is 1. The Morgan fingerprint density at radius 1 is 1.27 bits per heavy atom. The summed E-state index contributed by atoms with van der Waals surface area (Å²) in [5.74, 6) is -1.49. The van der Waals surface area contributed by atoms with Crippen molar-refractivity contribution in [1.29, 1.82) is 0 Å². The maximum atomic E-state index is 13.4. The Kier molecular flexibility index (Phi) is 4.24. The van der Waals surface area contributed by atoms with E-state index in [1.165, 1.54) is 6.07 Å². The van der Waals surface area contributed by atoms with Crippen LogP contribution in [0.3, 0.4) is 0 Å². The molecule has 3 aromatic rings. The largest absolute Gasteiger partial charge is 0.359 e. The Labute approximate surface area is 147 Å². The quantitative estimate of drug-likeness (QED) is 0.779. The minimum absolute atomic E-state index is 0.0887. The van der Waals surface area contributed by atoms with Crippen LogP contribution in [0, 0.1) is 11.6 Å². The van der Waals surface area contributed by atoms with Crippen molar-refractivity contribution in [3.63, 3.8) is 0 Å². The molecule has 0 saturated carbocycles. The van der Waals surface area contributed by atoms with Crippen LogP contribution in [0.2, 0.25) is 0 Å². The van der Waals surface area contributed by atoms with Crippen LogP contribution in [0.1, 0.15) is 35.0 Å². The average molecular weight is 358 g/mol. The van der Waals surface area contributed by atoms with E-state index < -0.39 is 11.6 Å². The summed E-state index contributed by atoms with van der Waals surface area (Å²) < 4.78 is 31.8. The molecule has 8 heteroatoms. The molecule has 4 rings (SSSR count). The highest BCUT2D eigenvalue weighted by Crippen LogP contribution is 2.28. The number of carbonyl (C=O) groups excluding carboxylic acids is 1. The van der Waals surface area contributed by atoms with Gasteiger partial charge in [0.15, 0.2) is 11.6 Å². The first-order valence-corrected chi connectivity index (χ1v) is 8.33. The first-order valence-electron chi connectivity index (χ1n) is 8.33. The van der Waals surface area contributed by atoms with Gasteiger partial charge in [0.25, 0.3) is 5.91 Å². The molecule has 134 valence electrons. The second-order valence-electron chi connectivity index (χ2n) is 6.26. The van der Waals surface area contributed by atoms with E-state index in [0.29, 0.717) is 24.8 Å². The number of nitrogens with one attached hydrogen (secondary N) is 1. The third kappa shape index (κ3) is 3.10. The molecule has 1 fully saturated rings. The van der Waals surface area contributed by atoms with Crippen molar-refractivity contribution in [2.45, 2.75) is 18.8 Å². The zero-order chi connectivity index (χ0) is 18.1. The van der Waals surface area contributed by atoms with Crippen LogP contribution in [-0.4, -0.2) is 39.0 Å². The number of amides is 1. The number of benzene rings is 1. The third-order valence-corrected chi connectivity index (χ3v) is 4.50. The van der Waals surface area contributed by atoms with Crippen LogP contribution in [0.15, 0.2) is 41.1 Å². The summed E-state index contributed by atoms with van der Waals surface area (Å²) in [6.07, 6.45) is 3.35. The van der Waals surface area contributed by atoms with Crippen molar-refractivity contribution >= 4 is 5.91 Å². The lowest BCUT2D eigenvalue weighted by molar-refractivity contribution is 0.0695. The predicted octanol–water partition coefficient (Wildman–Crippen LogP) is 3.36. The Morgan fingerprint density at radius 3 is 2.92 bits per heavy atom. The first kappa shape index (κ1) is 16.4. The van der Waals surface area contributed by atoms with Crippen molar-refractivity contribution in [3.8, 4) is 11.5 Å². The topological polar surface area (TPSA) is 75.0 Å². The van der Waals surface area contributed by atoms with Crippen molar-refractivity contribution in [2.24, 2.45) is 0 Å². The Bertz CT molecular complexity index is 923. The number of piperidine rings is 1. The fourth-order valence-electron chi connectivity index (χ4n) is 3.15. The second kappa shape index (κ2) is 6.70. The highest BCUT2D eigenvalue weighted by atomic mass is 19.2. The molecule has 3 heterocycles. The van der Waals surface area contributed by atoms with Crippen molar-refractivity contribution < 1.29 is 18.1 Å². The smallest absolute Gasteiger partial charge is 0.253 e. The van der Waals surface area contributed by atoms with Crippen molar-refractivity contribution in [3.05, 3.63) is 59.6 Å². The molecular weight excluding hydrogens is 342 g/mol. The summed E-state index contributed by atoms with van der Waals surface area (Å²) in [5.41, 5.74) is 0.882. The third-order valence-electron chi connectivity index (χ3n) is 4.50. The molecule has 1 aliphatic heterocycles. The van der Waals surface area contributed by atoms with Gasteiger partial charge in [-0.15, -0.1) is 0 Å². The number of aromatic amines is 1. The lowest BCUT2D eigenvalue weighted by Gasteiger charge is -2.31. The van der Waals surface area contributed by atoms with Gasteiger partial charge in [0.05, 0.1) is 11.6 Å². The van der Waals surface area contributed by atoms with Gasteiger partial charge in [-0.25, -0.2) is 8.78 Å². The highest BCUT2D eigenvalue weighted by molar-refractivity contribution is 5.94. The lowest BCUT2D eigenvalue weighted by Crippen LogP contribution is -2.39. The van der Waals surface area contributed by atoms with Gasteiger partial charge in [0.2, 0.25) is 11.7 Å². The maximum absolute atomic E-state index is 13.4. The van der Waals surface area contributed by atoms with E-state index in [2.05, 4.69) is 15.1 Å². The summed E-state index contributed by atoms with van der Waals surface area (Å²) >= 11 is 0. The van der Waals surface area contributed by atoms with Crippen LogP contribution in [-0.2, 0) is 0 Å². The van der Waals surface area contributed by atoms with E-state index >= 15 is 0 Å². The number of aromatic nitrogens is 3. The number of H-pyrrole nitrogens is 1. The summed E-state index contributed by atoms with van der Waals surface area (Å²) in [6.45, 7) is 0.941. The average Bonchev–Trinajstić information content (AvgIpc) is 3.35. The fraction of sp³-hybridized carbons (Fsp3) is 0.278. The van der Waals surface area contributed by atoms with Crippen LogP contribution < -0.4 is 0 Å². The number of nitrogens with zero attached hydrogens (tertiary/aromatic N) is 3. The van der Waals surface area contributed by atoms with E-state index in [9.17, 15) is 13.6 Å². The number of halogens is 2. The molecule has 2 aromatic heterocycles. The van der Waals surface area contributed by atoms with E-state index in [-0.39, 0.29) is 17.4 Å². The van der Waals surface area contributed by atoms with Crippen molar-refractivity contribution in [2.75, 3.05) is 13.1 Å². The Morgan fingerprint density at radius 2 is 2.15 bits per heavy atom. The standard InChI is InChI=1S/C18H16F2N4O2/c19-13-6-5-11(9-14(13)20)18(25)24-8-2-3-12(10-24)17-22-16(23-26-17)15-4-1-7-21-15/h1,4-7,9,12,21H,2-3,8,10H2/t12-/m0/s1. The molecule has 6 nitrogen and oxygen atoms in total. The number of rotatable bonds is 3. The molecule has 0 bridgehead atoms. The molecular formula is C18H16F2N4O2. The van der Waals surface area contributed by atoms with Crippen LogP contribution in [0.4, 0.5) is 8.78 Å². The van der Waals surface area contributed by atoms with Gasteiger partial charge < -0.3 is 14.4 Å². The Hall–Kier alpha value is -3.03. The van der Waals surface area contributed by atoms with Crippen LogP contribution >= 0.6 is 0 Å². The van der Waals surface area contributed by atoms with Gasteiger partial charge in [0.1, 0.15) is 0 Å². The molecule has 0 aliphatic carbocycles. The lowest BCUT2D eigenvalue weighted by atomic mass is 9.97. The Balaban J connectivity index is 1.50. The highest BCUT2D eigenvalue weighted by Gasteiger charge is 2.29. The number of likely N-dealkylation sites (tertiary alicyclic amines) is 1. The fourth-order valence-corrected chi connectivity index (χ4v) is 3.15. The normalized spacial score (nSPS) is 17.5. The van der Waals surface area contributed by atoms with E-state index in [1.54, 1.807) is 11.1 Å².